The molecule has 1 rings (SSSR count). The Kier molecular flexibility index (Phi) is 5.56. The van der Waals surface area contributed by atoms with Gasteiger partial charge in [0.05, 0.1) is 13.2 Å². The highest BCUT2D eigenvalue weighted by Crippen LogP contribution is 2.58. The van der Waals surface area contributed by atoms with Gasteiger partial charge in [0.2, 0.25) is 0 Å². The number of phenols is 1. The van der Waals surface area contributed by atoms with Crippen molar-refractivity contribution in [2.45, 2.75) is 33.5 Å². The molecule has 0 heterocycles. The molecule has 5 nitrogen and oxygen atoms in total. The summed E-state index contributed by atoms with van der Waals surface area (Å²) in [6.07, 6.45) is 0. The molecule has 0 unspecified atom stereocenters. The Morgan fingerprint density at radius 3 is 2.00 bits per heavy atom. The zero-order valence-corrected chi connectivity index (χ0v) is 12.7. The van der Waals surface area contributed by atoms with Crippen LogP contribution in [0.2, 0.25) is 0 Å². The van der Waals surface area contributed by atoms with Gasteiger partial charge in [0.25, 0.3) is 0 Å². The number of aromatic hydroxyl groups is 1. The summed E-state index contributed by atoms with van der Waals surface area (Å²) in [6.45, 7) is 7.55. The standard InChI is InChI=1S/C13H22NO4P/c1-5-17-19(16,18-6-2)13(14)11-7-9(3)12(15)10(4)8-11/h7-8,13,15H,5-6,14H2,1-4H3/t13-/m1/s1. The van der Waals surface area contributed by atoms with Gasteiger partial charge in [0.1, 0.15) is 11.5 Å². The Hall–Kier alpha value is -0.870. The number of nitrogens with two attached hydrogens (primary N) is 1. The Labute approximate surface area is 114 Å². The van der Waals surface area contributed by atoms with E-state index in [1.54, 1.807) is 39.8 Å². The molecule has 6 heteroatoms. The normalized spacial score (nSPS) is 13.5. The van der Waals surface area contributed by atoms with Gasteiger partial charge in [-0.15, -0.1) is 0 Å². The van der Waals surface area contributed by atoms with Crippen LogP contribution in [0.4, 0.5) is 0 Å². The van der Waals surface area contributed by atoms with Crippen molar-refractivity contribution in [3.8, 4) is 5.75 Å². The molecule has 0 radical (unpaired) electrons. The van der Waals surface area contributed by atoms with Gasteiger partial charge >= 0.3 is 7.60 Å². The third-order valence-corrected chi connectivity index (χ3v) is 5.03. The molecule has 19 heavy (non-hydrogen) atoms. The molecule has 0 aromatic heterocycles. The van der Waals surface area contributed by atoms with Crippen LogP contribution in [0, 0.1) is 13.8 Å². The van der Waals surface area contributed by atoms with Crippen molar-refractivity contribution in [3.63, 3.8) is 0 Å². The SMILES string of the molecule is CCOP(=O)(OCC)[C@@H](N)c1cc(C)c(O)c(C)c1. The van der Waals surface area contributed by atoms with Gasteiger partial charge < -0.3 is 19.9 Å². The summed E-state index contributed by atoms with van der Waals surface area (Å²) in [6, 6.07) is 3.41. The van der Waals surface area contributed by atoms with E-state index in [1.807, 2.05) is 0 Å². The van der Waals surface area contributed by atoms with E-state index in [0.29, 0.717) is 16.7 Å². The monoisotopic (exact) mass is 287 g/mol. The van der Waals surface area contributed by atoms with Crippen LogP contribution in [0.3, 0.4) is 0 Å². The molecule has 0 aliphatic rings. The van der Waals surface area contributed by atoms with Gasteiger partial charge in [-0.25, -0.2) is 0 Å². The summed E-state index contributed by atoms with van der Waals surface area (Å²) < 4.78 is 23.1. The van der Waals surface area contributed by atoms with Crippen molar-refractivity contribution < 1.29 is 18.7 Å². The fraction of sp³-hybridized carbons (Fsp3) is 0.538. The predicted molar refractivity (Wildman–Crippen MR) is 75.4 cm³/mol. The minimum Gasteiger partial charge on any atom is -0.507 e. The third kappa shape index (κ3) is 3.57. The van der Waals surface area contributed by atoms with E-state index < -0.39 is 13.4 Å². The maximum atomic E-state index is 12.6. The van der Waals surface area contributed by atoms with Crippen LogP contribution < -0.4 is 5.73 Å². The lowest BCUT2D eigenvalue weighted by Gasteiger charge is -2.24. The van der Waals surface area contributed by atoms with Crippen LogP contribution >= 0.6 is 7.60 Å². The minimum atomic E-state index is -3.39. The molecule has 0 saturated heterocycles. The number of benzene rings is 1. The maximum absolute atomic E-state index is 12.6. The summed E-state index contributed by atoms with van der Waals surface area (Å²) in [4.78, 5) is 0. The van der Waals surface area contributed by atoms with Crippen LogP contribution in [-0.4, -0.2) is 18.3 Å². The maximum Gasteiger partial charge on any atom is 0.351 e. The molecule has 0 spiro atoms. The Morgan fingerprint density at radius 1 is 1.21 bits per heavy atom. The Morgan fingerprint density at radius 2 is 1.63 bits per heavy atom. The highest BCUT2D eigenvalue weighted by Gasteiger charge is 2.34. The van der Waals surface area contributed by atoms with E-state index in [1.165, 1.54) is 0 Å². The van der Waals surface area contributed by atoms with E-state index in [0.717, 1.165) is 0 Å². The van der Waals surface area contributed by atoms with Crippen LogP contribution in [0.1, 0.15) is 36.3 Å². The molecular weight excluding hydrogens is 265 g/mol. The number of hydrogen-bond donors (Lipinski definition) is 2. The van der Waals surface area contributed by atoms with Crippen LogP contribution in [0.15, 0.2) is 12.1 Å². The van der Waals surface area contributed by atoms with E-state index in [-0.39, 0.29) is 19.0 Å². The molecule has 108 valence electrons. The second-order valence-electron chi connectivity index (χ2n) is 4.32. The zero-order valence-electron chi connectivity index (χ0n) is 11.8. The second-order valence-corrected chi connectivity index (χ2v) is 6.48. The Balaban J connectivity index is 3.16. The first kappa shape index (κ1) is 16.2. The van der Waals surface area contributed by atoms with Gasteiger partial charge in [0, 0.05) is 0 Å². The van der Waals surface area contributed by atoms with Crippen molar-refractivity contribution in [1.29, 1.82) is 0 Å². The molecule has 1 atom stereocenters. The average Bonchev–Trinajstić information content (AvgIpc) is 2.35. The van der Waals surface area contributed by atoms with Gasteiger partial charge in [-0.2, -0.15) is 0 Å². The number of aryl methyl sites for hydroxylation is 2. The number of rotatable bonds is 6. The quantitative estimate of drug-likeness (QED) is 0.785. The molecule has 0 fully saturated rings. The van der Waals surface area contributed by atoms with Crippen molar-refractivity contribution >= 4 is 7.60 Å². The van der Waals surface area contributed by atoms with Crippen molar-refractivity contribution in [3.05, 3.63) is 28.8 Å². The first-order valence-electron chi connectivity index (χ1n) is 6.30. The predicted octanol–water partition coefficient (Wildman–Crippen LogP) is 3.23. The summed E-state index contributed by atoms with van der Waals surface area (Å²) in [7, 11) is -3.39. The number of hydrogen-bond acceptors (Lipinski definition) is 5. The first-order valence-corrected chi connectivity index (χ1v) is 7.91. The second kappa shape index (κ2) is 6.53. The molecule has 0 bridgehead atoms. The molecule has 1 aromatic carbocycles. The summed E-state index contributed by atoms with van der Waals surface area (Å²) in [5.74, 6) is -0.635. The van der Waals surface area contributed by atoms with E-state index in [4.69, 9.17) is 14.8 Å². The highest BCUT2D eigenvalue weighted by atomic mass is 31.2. The lowest BCUT2D eigenvalue weighted by molar-refractivity contribution is 0.212. The highest BCUT2D eigenvalue weighted by molar-refractivity contribution is 7.54. The smallest absolute Gasteiger partial charge is 0.351 e. The largest absolute Gasteiger partial charge is 0.507 e. The molecule has 0 amide bonds. The van der Waals surface area contributed by atoms with Gasteiger partial charge in [-0.1, -0.05) is 12.1 Å². The molecule has 0 aliphatic heterocycles. The van der Waals surface area contributed by atoms with E-state index in [2.05, 4.69) is 0 Å². The van der Waals surface area contributed by atoms with Crippen molar-refractivity contribution in [1.82, 2.24) is 0 Å². The molecule has 1 aromatic rings. The van der Waals surface area contributed by atoms with Crippen molar-refractivity contribution in [2.75, 3.05) is 13.2 Å². The van der Waals surface area contributed by atoms with Gasteiger partial charge in [-0.3, -0.25) is 4.57 Å². The molecule has 0 saturated carbocycles. The molecule has 3 N–H and O–H groups in total. The number of phenolic OH excluding ortho intramolecular Hbond substituents is 1. The van der Waals surface area contributed by atoms with Gasteiger partial charge in [-0.05, 0) is 44.4 Å². The van der Waals surface area contributed by atoms with Crippen LogP contribution in [0.25, 0.3) is 0 Å². The topological polar surface area (TPSA) is 81.8 Å². The fourth-order valence-electron chi connectivity index (χ4n) is 1.90. The zero-order chi connectivity index (χ0) is 14.6. The first-order chi connectivity index (χ1) is 8.85. The summed E-state index contributed by atoms with van der Waals surface area (Å²) >= 11 is 0. The molecular formula is C13H22NO4P. The minimum absolute atomic E-state index is 0.221. The lowest BCUT2D eigenvalue weighted by atomic mass is 10.1. The summed E-state index contributed by atoms with van der Waals surface area (Å²) in [5.41, 5.74) is 8.05. The fourth-order valence-corrected chi connectivity index (χ4v) is 3.53. The molecule has 0 aliphatic carbocycles. The third-order valence-electron chi connectivity index (χ3n) is 2.81. The Bertz CT molecular complexity index is 457. The van der Waals surface area contributed by atoms with E-state index in [9.17, 15) is 9.67 Å². The van der Waals surface area contributed by atoms with E-state index >= 15 is 0 Å². The van der Waals surface area contributed by atoms with Gasteiger partial charge in [0.15, 0.2) is 0 Å². The van der Waals surface area contributed by atoms with Crippen LogP contribution in [0.5, 0.6) is 5.75 Å². The van der Waals surface area contributed by atoms with Crippen LogP contribution in [-0.2, 0) is 13.6 Å². The summed E-state index contributed by atoms with van der Waals surface area (Å²) in [5, 5.41) is 9.75. The lowest BCUT2D eigenvalue weighted by Crippen LogP contribution is -2.15. The van der Waals surface area contributed by atoms with Crippen molar-refractivity contribution in [2.24, 2.45) is 5.73 Å². The average molecular weight is 287 g/mol.